The molecule has 1 saturated carbocycles. The van der Waals surface area contributed by atoms with Gasteiger partial charge < -0.3 is 9.47 Å². The number of carbonyl (C=O) groups is 2. The highest BCUT2D eigenvalue weighted by atomic mass is 79.9. The van der Waals surface area contributed by atoms with Crippen LogP contribution in [0, 0.1) is 10.1 Å². The highest BCUT2D eigenvalue weighted by molar-refractivity contribution is 9.10. The molecule has 0 heterocycles. The average Bonchev–Trinajstić information content (AvgIpc) is 2.63. The molecule has 140 valence electrons. The Hall–Kier alpha value is -2.74. The van der Waals surface area contributed by atoms with E-state index in [0.29, 0.717) is 12.8 Å². The standard InChI is InChI=1S/C19H16BrNO6/c1-26-18(23)19(13-3-2-4-14(20)9-13)10-16(11-19)27-17(22)12-5-7-15(8-6-12)21(24)25/h2-9,16H,10-11H2,1H3. The Kier molecular flexibility index (Phi) is 5.27. The molecular formula is C19H16BrNO6. The third-order valence-electron chi connectivity index (χ3n) is 4.69. The van der Waals surface area contributed by atoms with E-state index < -0.39 is 22.4 Å². The van der Waals surface area contributed by atoms with Crippen molar-refractivity contribution in [2.24, 2.45) is 0 Å². The monoisotopic (exact) mass is 433 g/mol. The molecule has 1 fully saturated rings. The van der Waals surface area contributed by atoms with Gasteiger partial charge in [-0.1, -0.05) is 28.1 Å². The van der Waals surface area contributed by atoms with Crippen LogP contribution < -0.4 is 0 Å². The first-order chi connectivity index (χ1) is 12.9. The molecule has 2 aromatic rings. The number of halogens is 1. The summed E-state index contributed by atoms with van der Waals surface area (Å²) in [5, 5.41) is 10.7. The zero-order valence-corrected chi connectivity index (χ0v) is 16.0. The van der Waals surface area contributed by atoms with Crippen molar-refractivity contribution < 1.29 is 24.0 Å². The molecule has 0 spiro atoms. The highest BCUT2D eigenvalue weighted by Crippen LogP contribution is 2.47. The van der Waals surface area contributed by atoms with E-state index in [1.54, 1.807) is 0 Å². The lowest BCUT2D eigenvalue weighted by atomic mass is 9.62. The molecule has 8 heteroatoms. The van der Waals surface area contributed by atoms with Gasteiger partial charge in [-0.05, 0) is 29.8 Å². The van der Waals surface area contributed by atoms with Crippen molar-refractivity contribution >= 4 is 33.6 Å². The van der Waals surface area contributed by atoms with Crippen LogP contribution in [0.5, 0.6) is 0 Å². The molecule has 3 rings (SSSR count). The van der Waals surface area contributed by atoms with E-state index in [2.05, 4.69) is 15.9 Å². The minimum absolute atomic E-state index is 0.102. The summed E-state index contributed by atoms with van der Waals surface area (Å²) in [5.41, 5.74) is 0.0680. The topological polar surface area (TPSA) is 95.7 Å². The van der Waals surface area contributed by atoms with Gasteiger partial charge in [-0.25, -0.2) is 4.79 Å². The van der Waals surface area contributed by atoms with Crippen molar-refractivity contribution in [1.29, 1.82) is 0 Å². The molecular weight excluding hydrogens is 418 g/mol. The second-order valence-electron chi connectivity index (χ2n) is 6.32. The minimum Gasteiger partial charge on any atom is -0.468 e. The molecule has 2 aromatic carbocycles. The number of carbonyl (C=O) groups excluding carboxylic acids is 2. The molecule has 0 atom stereocenters. The van der Waals surface area contributed by atoms with Crippen LogP contribution in [0.4, 0.5) is 5.69 Å². The summed E-state index contributed by atoms with van der Waals surface area (Å²) in [7, 11) is 1.33. The molecule has 27 heavy (non-hydrogen) atoms. The van der Waals surface area contributed by atoms with Gasteiger partial charge in [-0.2, -0.15) is 0 Å². The number of nitro groups is 1. The molecule has 0 aliphatic heterocycles. The number of non-ortho nitro benzene ring substituents is 1. The number of esters is 2. The van der Waals surface area contributed by atoms with Gasteiger partial charge in [0, 0.05) is 29.4 Å². The van der Waals surface area contributed by atoms with E-state index in [4.69, 9.17) is 9.47 Å². The van der Waals surface area contributed by atoms with Crippen LogP contribution in [0.15, 0.2) is 53.0 Å². The van der Waals surface area contributed by atoms with Crippen LogP contribution in [-0.4, -0.2) is 30.1 Å². The van der Waals surface area contributed by atoms with Gasteiger partial charge in [-0.15, -0.1) is 0 Å². The number of nitro benzene ring substituents is 1. The number of ether oxygens (including phenoxy) is 2. The molecule has 1 aliphatic rings. The van der Waals surface area contributed by atoms with Crippen molar-refractivity contribution in [2.75, 3.05) is 7.11 Å². The van der Waals surface area contributed by atoms with E-state index in [9.17, 15) is 19.7 Å². The third-order valence-corrected chi connectivity index (χ3v) is 5.19. The van der Waals surface area contributed by atoms with E-state index >= 15 is 0 Å². The van der Waals surface area contributed by atoms with E-state index in [0.717, 1.165) is 10.0 Å². The predicted molar refractivity (Wildman–Crippen MR) is 99.4 cm³/mol. The van der Waals surface area contributed by atoms with Crippen LogP contribution in [-0.2, 0) is 19.7 Å². The maximum atomic E-state index is 12.4. The van der Waals surface area contributed by atoms with Crippen molar-refractivity contribution in [2.45, 2.75) is 24.4 Å². The Labute approximate surface area is 163 Å². The van der Waals surface area contributed by atoms with Gasteiger partial charge in [-0.3, -0.25) is 14.9 Å². The second-order valence-corrected chi connectivity index (χ2v) is 7.24. The molecule has 0 N–H and O–H groups in total. The third kappa shape index (κ3) is 3.71. The number of benzene rings is 2. The van der Waals surface area contributed by atoms with Gasteiger partial charge >= 0.3 is 11.9 Å². The Morgan fingerprint density at radius 3 is 2.41 bits per heavy atom. The van der Waals surface area contributed by atoms with Crippen molar-refractivity contribution in [3.8, 4) is 0 Å². The van der Waals surface area contributed by atoms with Crippen LogP contribution in [0.2, 0.25) is 0 Å². The normalized spacial score (nSPS) is 21.0. The number of nitrogens with zero attached hydrogens (tertiary/aromatic N) is 1. The van der Waals surface area contributed by atoms with Gasteiger partial charge in [0.2, 0.25) is 0 Å². The highest BCUT2D eigenvalue weighted by Gasteiger charge is 2.54. The van der Waals surface area contributed by atoms with E-state index in [1.807, 2.05) is 24.3 Å². The fourth-order valence-corrected chi connectivity index (χ4v) is 3.64. The quantitative estimate of drug-likeness (QED) is 0.404. The van der Waals surface area contributed by atoms with Crippen LogP contribution in [0.1, 0.15) is 28.8 Å². The molecule has 0 amide bonds. The van der Waals surface area contributed by atoms with E-state index in [-0.39, 0.29) is 17.2 Å². The molecule has 0 bridgehead atoms. The largest absolute Gasteiger partial charge is 0.468 e. The fraction of sp³-hybridized carbons (Fsp3) is 0.263. The lowest BCUT2D eigenvalue weighted by molar-refractivity contribution is -0.384. The van der Waals surface area contributed by atoms with Crippen LogP contribution >= 0.6 is 15.9 Å². The zero-order valence-electron chi connectivity index (χ0n) is 14.4. The SMILES string of the molecule is COC(=O)C1(c2cccc(Br)c2)CC(OC(=O)c2ccc([N+](=O)[O-])cc2)C1. The summed E-state index contributed by atoms with van der Waals surface area (Å²) in [6, 6.07) is 12.6. The lowest BCUT2D eigenvalue weighted by Gasteiger charge is -2.44. The Balaban J connectivity index is 1.71. The summed E-state index contributed by atoms with van der Waals surface area (Å²) < 4.78 is 11.3. The van der Waals surface area contributed by atoms with Crippen molar-refractivity contribution in [3.63, 3.8) is 0 Å². The van der Waals surface area contributed by atoms with Gasteiger partial charge in [0.1, 0.15) is 6.10 Å². The molecule has 0 aromatic heterocycles. The van der Waals surface area contributed by atoms with Gasteiger partial charge in [0.05, 0.1) is 23.0 Å². The fourth-order valence-electron chi connectivity index (χ4n) is 3.24. The second kappa shape index (κ2) is 7.48. The Bertz CT molecular complexity index is 889. The Morgan fingerprint density at radius 1 is 1.19 bits per heavy atom. The summed E-state index contributed by atoms with van der Waals surface area (Å²) >= 11 is 3.40. The van der Waals surface area contributed by atoms with E-state index in [1.165, 1.54) is 31.4 Å². The van der Waals surface area contributed by atoms with Crippen molar-refractivity contribution in [3.05, 3.63) is 74.2 Å². The smallest absolute Gasteiger partial charge is 0.338 e. The van der Waals surface area contributed by atoms with Gasteiger partial charge in [0.25, 0.3) is 5.69 Å². The molecule has 0 radical (unpaired) electrons. The number of rotatable bonds is 5. The molecule has 0 saturated heterocycles. The molecule has 0 unspecified atom stereocenters. The first-order valence-electron chi connectivity index (χ1n) is 8.15. The summed E-state index contributed by atoms with van der Waals surface area (Å²) in [6.45, 7) is 0. The Morgan fingerprint density at radius 2 is 1.85 bits per heavy atom. The first kappa shape index (κ1) is 19.0. The lowest BCUT2D eigenvalue weighted by Crippen LogP contribution is -2.52. The number of hydrogen-bond donors (Lipinski definition) is 0. The van der Waals surface area contributed by atoms with Crippen molar-refractivity contribution in [1.82, 2.24) is 0 Å². The minimum atomic E-state index is -0.848. The molecule has 7 nitrogen and oxygen atoms in total. The van der Waals surface area contributed by atoms with Gasteiger partial charge in [0.15, 0.2) is 0 Å². The number of hydrogen-bond acceptors (Lipinski definition) is 6. The van der Waals surface area contributed by atoms with Crippen LogP contribution in [0.25, 0.3) is 0 Å². The maximum Gasteiger partial charge on any atom is 0.338 e. The number of methoxy groups -OCH3 is 1. The summed E-state index contributed by atoms with van der Waals surface area (Å²) in [6.07, 6.45) is 0.190. The zero-order chi connectivity index (χ0) is 19.6. The average molecular weight is 434 g/mol. The maximum absolute atomic E-state index is 12.4. The predicted octanol–water partition coefficient (Wildman–Crippen LogP) is 3.79. The van der Waals surface area contributed by atoms with Crippen LogP contribution in [0.3, 0.4) is 0 Å². The first-order valence-corrected chi connectivity index (χ1v) is 8.95. The summed E-state index contributed by atoms with van der Waals surface area (Å²) in [4.78, 5) is 34.8. The summed E-state index contributed by atoms with van der Waals surface area (Å²) in [5.74, 6) is -0.953. The molecule has 1 aliphatic carbocycles.